The van der Waals surface area contributed by atoms with Gasteiger partial charge in [0.15, 0.2) is 0 Å². The average molecular weight is 380 g/mol. The number of anilines is 1. The zero-order chi connectivity index (χ0) is 19.6. The lowest BCUT2D eigenvalue weighted by Gasteiger charge is -2.09. The normalized spacial score (nSPS) is 11.0. The van der Waals surface area contributed by atoms with Gasteiger partial charge < -0.3 is 9.88 Å². The third-order valence-corrected chi connectivity index (χ3v) is 4.84. The van der Waals surface area contributed by atoms with E-state index in [1.54, 1.807) is 0 Å². The molecule has 0 bridgehead atoms. The number of nitrogens with one attached hydrogen (secondary N) is 2. The fraction of sp³-hybridized carbons (Fsp3) is 0.200. The zero-order valence-electron chi connectivity index (χ0n) is 14.1. The SMILES string of the molecule is CC(=O)NS(=O)(=O)c1ccc(NC(=O)c2cn(C)c(=O)n(C)c2=O)cc1. The first-order valence-electron chi connectivity index (χ1n) is 7.24. The summed E-state index contributed by atoms with van der Waals surface area (Å²) in [5.41, 5.74) is -1.34. The predicted molar refractivity (Wildman–Crippen MR) is 92.3 cm³/mol. The molecule has 1 aromatic carbocycles. The molecule has 1 heterocycles. The van der Waals surface area contributed by atoms with Crippen molar-refractivity contribution in [1.29, 1.82) is 0 Å². The van der Waals surface area contributed by atoms with Gasteiger partial charge in [-0.3, -0.25) is 19.0 Å². The number of hydrogen-bond donors (Lipinski definition) is 2. The number of aromatic nitrogens is 2. The average Bonchev–Trinajstić information content (AvgIpc) is 2.55. The summed E-state index contributed by atoms with van der Waals surface area (Å²) in [7, 11) is -1.33. The molecule has 2 amide bonds. The second-order valence-corrected chi connectivity index (χ2v) is 7.12. The van der Waals surface area contributed by atoms with Crippen molar-refractivity contribution < 1.29 is 18.0 Å². The van der Waals surface area contributed by atoms with Gasteiger partial charge in [0, 0.05) is 32.9 Å². The largest absolute Gasteiger partial charge is 0.330 e. The molecule has 2 N–H and O–H groups in total. The van der Waals surface area contributed by atoms with Crippen LogP contribution < -0.4 is 21.3 Å². The maximum atomic E-state index is 12.3. The summed E-state index contributed by atoms with van der Waals surface area (Å²) in [6, 6.07) is 5.00. The van der Waals surface area contributed by atoms with Crippen LogP contribution in [0.5, 0.6) is 0 Å². The summed E-state index contributed by atoms with van der Waals surface area (Å²) < 4.78 is 27.4. The van der Waals surface area contributed by atoms with Gasteiger partial charge in [0.25, 0.3) is 21.5 Å². The number of carbonyl (C=O) groups is 2. The molecule has 11 heteroatoms. The fourth-order valence-electron chi connectivity index (χ4n) is 2.13. The van der Waals surface area contributed by atoms with Crippen molar-refractivity contribution >= 4 is 27.5 Å². The van der Waals surface area contributed by atoms with Crippen LogP contribution >= 0.6 is 0 Å². The Hall–Kier alpha value is -3.21. The van der Waals surface area contributed by atoms with Gasteiger partial charge in [0.2, 0.25) is 5.91 Å². The Morgan fingerprint density at radius 2 is 1.62 bits per heavy atom. The van der Waals surface area contributed by atoms with Crippen LogP contribution in [0, 0.1) is 0 Å². The first-order valence-corrected chi connectivity index (χ1v) is 8.72. The maximum Gasteiger partial charge on any atom is 0.330 e. The highest BCUT2D eigenvalue weighted by atomic mass is 32.2. The Balaban J connectivity index is 2.28. The van der Waals surface area contributed by atoms with E-state index in [1.807, 2.05) is 4.72 Å². The number of benzene rings is 1. The van der Waals surface area contributed by atoms with Crippen LogP contribution in [-0.2, 0) is 28.9 Å². The molecule has 0 spiro atoms. The topological polar surface area (TPSA) is 136 Å². The van der Waals surface area contributed by atoms with Crippen LogP contribution in [0.15, 0.2) is 44.9 Å². The highest BCUT2D eigenvalue weighted by Gasteiger charge is 2.17. The summed E-state index contributed by atoms with van der Waals surface area (Å²) in [6.45, 7) is 1.07. The fourth-order valence-corrected chi connectivity index (χ4v) is 3.12. The predicted octanol–water partition coefficient (Wildman–Crippen LogP) is -0.839. The molecule has 0 atom stereocenters. The van der Waals surface area contributed by atoms with E-state index in [9.17, 15) is 27.6 Å². The summed E-state index contributed by atoms with van der Waals surface area (Å²) in [6.07, 6.45) is 1.12. The molecule has 0 aliphatic rings. The standard InChI is InChI=1S/C15H16N4O6S/c1-9(20)17-26(24,25)11-6-4-10(5-7-11)16-13(21)12-8-18(2)15(23)19(3)14(12)22/h4-8H,1-3H3,(H,16,21)(H,17,20). The first-order chi connectivity index (χ1) is 12.0. The molecule has 0 aliphatic carbocycles. The second-order valence-electron chi connectivity index (χ2n) is 5.44. The van der Waals surface area contributed by atoms with Crippen LogP contribution in [0.2, 0.25) is 0 Å². The van der Waals surface area contributed by atoms with E-state index in [4.69, 9.17) is 0 Å². The molecule has 2 aromatic rings. The monoisotopic (exact) mass is 380 g/mol. The quantitative estimate of drug-likeness (QED) is 0.710. The molecule has 0 saturated heterocycles. The van der Waals surface area contributed by atoms with Gasteiger partial charge in [-0.05, 0) is 24.3 Å². The minimum atomic E-state index is -3.98. The second kappa shape index (κ2) is 6.96. The Morgan fingerprint density at radius 3 is 2.15 bits per heavy atom. The van der Waals surface area contributed by atoms with Crippen molar-refractivity contribution in [2.45, 2.75) is 11.8 Å². The molecule has 26 heavy (non-hydrogen) atoms. The van der Waals surface area contributed by atoms with Gasteiger partial charge in [-0.15, -0.1) is 0 Å². The smallest absolute Gasteiger partial charge is 0.322 e. The number of nitrogens with zero attached hydrogens (tertiary/aromatic N) is 2. The first kappa shape index (κ1) is 19.1. The van der Waals surface area contributed by atoms with Gasteiger partial charge in [-0.25, -0.2) is 17.9 Å². The van der Waals surface area contributed by atoms with Gasteiger partial charge in [-0.1, -0.05) is 0 Å². The molecule has 1 aromatic heterocycles. The Labute approximate surface area is 148 Å². The highest BCUT2D eigenvalue weighted by molar-refractivity contribution is 7.90. The lowest BCUT2D eigenvalue weighted by molar-refractivity contribution is -0.117. The van der Waals surface area contributed by atoms with Crippen molar-refractivity contribution in [3.8, 4) is 0 Å². The van der Waals surface area contributed by atoms with Crippen molar-refractivity contribution in [3.63, 3.8) is 0 Å². The number of rotatable bonds is 4. The van der Waals surface area contributed by atoms with Crippen LogP contribution in [-0.4, -0.2) is 29.4 Å². The number of hydrogen-bond acceptors (Lipinski definition) is 6. The number of aryl methyl sites for hydroxylation is 1. The maximum absolute atomic E-state index is 12.3. The van der Waals surface area contributed by atoms with E-state index >= 15 is 0 Å². The molecular weight excluding hydrogens is 364 g/mol. The van der Waals surface area contributed by atoms with Crippen LogP contribution in [0.25, 0.3) is 0 Å². The van der Waals surface area contributed by atoms with Gasteiger partial charge in [0.1, 0.15) is 5.56 Å². The van der Waals surface area contributed by atoms with Crippen molar-refractivity contribution in [2.24, 2.45) is 14.1 Å². The molecule has 10 nitrogen and oxygen atoms in total. The van der Waals surface area contributed by atoms with Gasteiger partial charge in [0.05, 0.1) is 4.90 Å². The third kappa shape index (κ3) is 3.88. The summed E-state index contributed by atoms with van der Waals surface area (Å²) >= 11 is 0. The van der Waals surface area contributed by atoms with Crippen LogP contribution in [0.4, 0.5) is 5.69 Å². The lowest BCUT2D eigenvalue weighted by atomic mass is 10.2. The van der Waals surface area contributed by atoms with Crippen LogP contribution in [0.3, 0.4) is 0 Å². The van der Waals surface area contributed by atoms with Gasteiger partial charge >= 0.3 is 5.69 Å². The van der Waals surface area contributed by atoms with E-state index in [2.05, 4.69) is 5.32 Å². The number of carbonyl (C=O) groups excluding carboxylic acids is 2. The third-order valence-electron chi connectivity index (χ3n) is 3.39. The summed E-state index contributed by atoms with van der Waals surface area (Å²) in [5.74, 6) is -1.48. The molecule has 2 rings (SSSR count). The van der Waals surface area contributed by atoms with Crippen molar-refractivity contribution in [3.05, 3.63) is 56.9 Å². The zero-order valence-corrected chi connectivity index (χ0v) is 15.0. The minimum absolute atomic E-state index is 0.163. The Morgan fingerprint density at radius 1 is 1.04 bits per heavy atom. The van der Waals surface area contributed by atoms with E-state index in [1.165, 1.54) is 38.4 Å². The molecule has 0 fully saturated rings. The van der Waals surface area contributed by atoms with Crippen LogP contribution in [0.1, 0.15) is 17.3 Å². The molecule has 0 radical (unpaired) electrons. The van der Waals surface area contributed by atoms with E-state index in [-0.39, 0.29) is 16.1 Å². The van der Waals surface area contributed by atoms with Crippen molar-refractivity contribution in [2.75, 3.05) is 5.32 Å². The Kier molecular flexibility index (Phi) is 5.12. The van der Waals surface area contributed by atoms with E-state index in [0.717, 1.165) is 22.3 Å². The molecule has 0 saturated carbocycles. The highest BCUT2D eigenvalue weighted by Crippen LogP contribution is 2.14. The summed E-state index contributed by atoms with van der Waals surface area (Å²) in [4.78, 5) is 46.7. The molecule has 0 aliphatic heterocycles. The minimum Gasteiger partial charge on any atom is -0.322 e. The van der Waals surface area contributed by atoms with Gasteiger partial charge in [-0.2, -0.15) is 0 Å². The molecular formula is C15H16N4O6S. The van der Waals surface area contributed by atoms with E-state index in [0.29, 0.717) is 0 Å². The summed E-state index contributed by atoms with van der Waals surface area (Å²) in [5, 5.41) is 2.44. The Bertz CT molecular complexity index is 1100. The van der Waals surface area contributed by atoms with Crippen molar-refractivity contribution in [1.82, 2.24) is 13.9 Å². The number of amides is 2. The van der Waals surface area contributed by atoms with E-state index < -0.39 is 33.1 Å². The number of sulfonamides is 1. The molecule has 138 valence electrons. The molecule has 0 unspecified atom stereocenters. The lowest BCUT2D eigenvalue weighted by Crippen LogP contribution is -2.40.